The van der Waals surface area contributed by atoms with Crippen molar-refractivity contribution in [1.82, 2.24) is 15.0 Å². The standard InChI is InChI=1S/C12H12BrFN4O2/c1-7(19)11-5-18(17-16-11)6-12(20)15-10-3-2-8(13)4-9(10)14/h2-5,7,19H,6H2,1H3,(H,15,20). The van der Waals surface area contributed by atoms with E-state index in [2.05, 4.69) is 31.6 Å². The summed E-state index contributed by atoms with van der Waals surface area (Å²) in [6.07, 6.45) is 0.707. The summed E-state index contributed by atoms with van der Waals surface area (Å²) in [6, 6.07) is 4.34. The number of aliphatic hydroxyl groups excluding tert-OH is 1. The zero-order valence-electron chi connectivity index (χ0n) is 10.5. The molecule has 8 heteroatoms. The number of halogens is 2. The fourth-order valence-corrected chi connectivity index (χ4v) is 1.84. The molecule has 2 aromatic rings. The van der Waals surface area contributed by atoms with E-state index in [0.717, 1.165) is 0 Å². The fraction of sp³-hybridized carbons (Fsp3) is 0.250. The van der Waals surface area contributed by atoms with Gasteiger partial charge < -0.3 is 10.4 Å². The summed E-state index contributed by atoms with van der Waals surface area (Å²) in [5.74, 6) is -0.968. The Balaban J connectivity index is 2.01. The summed E-state index contributed by atoms with van der Waals surface area (Å²) < 4.78 is 15.4. The van der Waals surface area contributed by atoms with E-state index in [1.54, 1.807) is 13.0 Å². The Labute approximate surface area is 122 Å². The maximum absolute atomic E-state index is 13.5. The van der Waals surface area contributed by atoms with Crippen LogP contribution in [0.1, 0.15) is 18.7 Å². The van der Waals surface area contributed by atoms with Crippen LogP contribution in [0.3, 0.4) is 0 Å². The van der Waals surface area contributed by atoms with Crippen LogP contribution in [0, 0.1) is 5.82 Å². The molecular formula is C12H12BrFN4O2. The van der Waals surface area contributed by atoms with Gasteiger partial charge in [0.15, 0.2) is 0 Å². The first kappa shape index (κ1) is 14.6. The number of carbonyl (C=O) groups is 1. The molecule has 0 bridgehead atoms. The van der Waals surface area contributed by atoms with Gasteiger partial charge in [0.05, 0.1) is 18.0 Å². The lowest BCUT2D eigenvalue weighted by atomic mass is 10.3. The van der Waals surface area contributed by atoms with Gasteiger partial charge in [-0.25, -0.2) is 9.07 Å². The van der Waals surface area contributed by atoms with Crippen LogP contribution in [-0.2, 0) is 11.3 Å². The highest BCUT2D eigenvalue weighted by molar-refractivity contribution is 9.10. The first-order chi connectivity index (χ1) is 9.45. The molecule has 0 fully saturated rings. The van der Waals surface area contributed by atoms with Crippen molar-refractivity contribution in [2.24, 2.45) is 0 Å². The second kappa shape index (κ2) is 6.10. The van der Waals surface area contributed by atoms with Crippen molar-refractivity contribution < 1.29 is 14.3 Å². The van der Waals surface area contributed by atoms with Gasteiger partial charge in [0.2, 0.25) is 5.91 Å². The minimum Gasteiger partial charge on any atom is -0.387 e. The first-order valence-corrected chi connectivity index (χ1v) is 6.58. The van der Waals surface area contributed by atoms with Crippen molar-refractivity contribution in [2.75, 3.05) is 5.32 Å². The Hall–Kier alpha value is -1.80. The van der Waals surface area contributed by atoms with Crippen LogP contribution >= 0.6 is 15.9 Å². The van der Waals surface area contributed by atoms with E-state index in [1.165, 1.54) is 23.0 Å². The monoisotopic (exact) mass is 342 g/mol. The zero-order chi connectivity index (χ0) is 14.7. The molecule has 1 unspecified atom stereocenters. The average Bonchev–Trinajstić information content (AvgIpc) is 2.81. The lowest BCUT2D eigenvalue weighted by Crippen LogP contribution is -2.19. The third-order valence-electron chi connectivity index (χ3n) is 2.50. The Morgan fingerprint density at radius 3 is 2.95 bits per heavy atom. The van der Waals surface area contributed by atoms with Crippen molar-refractivity contribution in [2.45, 2.75) is 19.6 Å². The molecule has 0 saturated heterocycles. The Bertz CT molecular complexity index is 630. The van der Waals surface area contributed by atoms with E-state index >= 15 is 0 Å². The summed E-state index contributed by atoms with van der Waals surface area (Å²) in [6.45, 7) is 1.43. The van der Waals surface area contributed by atoms with Crippen molar-refractivity contribution in [3.8, 4) is 0 Å². The minimum atomic E-state index is -0.754. The summed E-state index contributed by atoms with van der Waals surface area (Å²) in [4.78, 5) is 11.8. The average molecular weight is 343 g/mol. The molecule has 20 heavy (non-hydrogen) atoms. The molecule has 0 aliphatic heterocycles. The number of benzene rings is 1. The number of amides is 1. The van der Waals surface area contributed by atoms with Crippen LogP contribution in [0.4, 0.5) is 10.1 Å². The Kier molecular flexibility index (Phi) is 4.46. The van der Waals surface area contributed by atoms with E-state index < -0.39 is 17.8 Å². The minimum absolute atomic E-state index is 0.0917. The van der Waals surface area contributed by atoms with Crippen LogP contribution in [-0.4, -0.2) is 26.0 Å². The number of aliphatic hydroxyl groups is 1. The van der Waals surface area contributed by atoms with Gasteiger partial charge in [0, 0.05) is 4.47 Å². The predicted octanol–water partition coefficient (Wildman–Crippen LogP) is 1.87. The largest absolute Gasteiger partial charge is 0.387 e. The SMILES string of the molecule is CC(O)c1cn(CC(=O)Nc2ccc(Br)cc2F)nn1. The van der Waals surface area contributed by atoms with Crippen molar-refractivity contribution in [3.05, 3.63) is 40.4 Å². The van der Waals surface area contributed by atoms with E-state index in [9.17, 15) is 14.3 Å². The highest BCUT2D eigenvalue weighted by atomic mass is 79.9. The van der Waals surface area contributed by atoms with E-state index in [4.69, 9.17) is 0 Å². The third-order valence-corrected chi connectivity index (χ3v) is 2.99. The van der Waals surface area contributed by atoms with Gasteiger partial charge >= 0.3 is 0 Å². The van der Waals surface area contributed by atoms with Crippen molar-refractivity contribution in [3.63, 3.8) is 0 Å². The van der Waals surface area contributed by atoms with Gasteiger partial charge in [0.25, 0.3) is 0 Å². The van der Waals surface area contributed by atoms with Crippen molar-refractivity contribution >= 4 is 27.5 Å². The van der Waals surface area contributed by atoms with E-state index in [1.807, 2.05) is 0 Å². The molecule has 0 radical (unpaired) electrons. The molecular weight excluding hydrogens is 331 g/mol. The second-order valence-corrected chi connectivity index (χ2v) is 5.10. The maximum Gasteiger partial charge on any atom is 0.246 e. The quantitative estimate of drug-likeness (QED) is 0.888. The molecule has 1 amide bonds. The maximum atomic E-state index is 13.5. The van der Waals surface area contributed by atoms with Crippen LogP contribution in [0.15, 0.2) is 28.9 Å². The summed E-state index contributed by atoms with van der Waals surface area (Å²) in [7, 11) is 0. The van der Waals surface area contributed by atoms with Gasteiger partial charge in [-0.15, -0.1) is 5.10 Å². The third kappa shape index (κ3) is 3.61. The highest BCUT2D eigenvalue weighted by Gasteiger charge is 2.11. The van der Waals surface area contributed by atoms with Crippen LogP contribution in [0.25, 0.3) is 0 Å². The van der Waals surface area contributed by atoms with Crippen molar-refractivity contribution in [1.29, 1.82) is 0 Å². The fourth-order valence-electron chi connectivity index (χ4n) is 1.51. The summed E-state index contributed by atoms with van der Waals surface area (Å²) >= 11 is 3.13. The molecule has 1 aromatic carbocycles. The second-order valence-electron chi connectivity index (χ2n) is 4.19. The van der Waals surface area contributed by atoms with Gasteiger partial charge in [0.1, 0.15) is 18.1 Å². The number of rotatable bonds is 4. The Morgan fingerprint density at radius 1 is 1.60 bits per heavy atom. The molecule has 0 saturated carbocycles. The number of hydrogen-bond acceptors (Lipinski definition) is 4. The topological polar surface area (TPSA) is 80.0 Å². The lowest BCUT2D eigenvalue weighted by molar-refractivity contribution is -0.117. The number of carbonyl (C=O) groups excluding carboxylic acids is 1. The smallest absolute Gasteiger partial charge is 0.246 e. The van der Waals surface area contributed by atoms with Crippen LogP contribution < -0.4 is 5.32 Å². The Morgan fingerprint density at radius 2 is 2.35 bits per heavy atom. The molecule has 0 spiro atoms. The number of hydrogen-bond donors (Lipinski definition) is 2. The molecule has 106 valence electrons. The van der Waals surface area contributed by atoms with E-state index in [0.29, 0.717) is 10.2 Å². The number of anilines is 1. The number of nitrogens with zero attached hydrogens (tertiary/aromatic N) is 3. The highest BCUT2D eigenvalue weighted by Crippen LogP contribution is 2.19. The zero-order valence-corrected chi connectivity index (χ0v) is 12.1. The molecule has 2 rings (SSSR count). The van der Waals surface area contributed by atoms with Gasteiger partial charge in [-0.1, -0.05) is 21.1 Å². The van der Waals surface area contributed by atoms with Gasteiger partial charge in [-0.2, -0.15) is 0 Å². The molecule has 1 aromatic heterocycles. The van der Waals surface area contributed by atoms with Crippen LogP contribution in [0.5, 0.6) is 0 Å². The molecule has 6 nitrogen and oxygen atoms in total. The lowest BCUT2D eigenvalue weighted by Gasteiger charge is -2.06. The summed E-state index contributed by atoms with van der Waals surface area (Å²) in [5, 5.41) is 19.1. The number of aromatic nitrogens is 3. The summed E-state index contributed by atoms with van der Waals surface area (Å²) in [5.41, 5.74) is 0.460. The molecule has 1 heterocycles. The molecule has 1 atom stereocenters. The first-order valence-electron chi connectivity index (χ1n) is 5.78. The van der Waals surface area contributed by atoms with Crippen LogP contribution in [0.2, 0.25) is 0 Å². The van der Waals surface area contributed by atoms with Gasteiger partial charge in [-0.05, 0) is 25.1 Å². The predicted molar refractivity (Wildman–Crippen MR) is 73.4 cm³/mol. The molecule has 2 N–H and O–H groups in total. The number of nitrogens with one attached hydrogen (secondary N) is 1. The van der Waals surface area contributed by atoms with E-state index in [-0.39, 0.29) is 12.2 Å². The van der Waals surface area contributed by atoms with Gasteiger partial charge in [-0.3, -0.25) is 4.79 Å². The molecule has 0 aliphatic carbocycles. The molecule has 0 aliphatic rings. The normalized spacial score (nSPS) is 12.2.